The van der Waals surface area contributed by atoms with Crippen molar-refractivity contribution in [3.05, 3.63) is 35.9 Å². The van der Waals surface area contributed by atoms with Crippen LogP contribution in [-0.4, -0.2) is 24.5 Å². The van der Waals surface area contributed by atoms with Crippen LogP contribution in [0.15, 0.2) is 30.3 Å². The first kappa shape index (κ1) is 11.7. The number of hydrogen-bond acceptors (Lipinski definition) is 1. The molecule has 0 amide bonds. The lowest BCUT2D eigenvalue weighted by molar-refractivity contribution is 0.214. The normalized spacial score (nSPS) is 19.6. The van der Waals surface area contributed by atoms with Crippen molar-refractivity contribution in [2.45, 2.75) is 38.5 Å². The second kappa shape index (κ2) is 6.05. The molecular formula is C15H23N. The van der Waals surface area contributed by atoms with E-state index in [0.29, 0.717) is 0 Å². The third-order valence-electron chi connectivity index (χ3n) is 3.69. The van der Waals surface area contributed by atoms with Crippen LogP contribution in [0.4, 0.5) is 0 Å². The average molecular weight is 217 g/mol. The van der Waals surface area contributed by atoms with Gasteiger partial charge in [-0.05, 0) is 43.8 Å². The van der Waals surface area contributed by atoms with Crippen LogP contribution >= 0.6 is 0 Å². The third kappa shape index (κ3) is 3.08. The van der Waals surface area contributed by atoms with Crippen LogP contribution in [0.25, 0.3) is 0 Å². The molecule has 1 heteroatoms. The lowest BCUT2D eigenvalue weighted by Gasteiger charge is -2.30. The van der Waals surface area contributed by atoms with Gasteiger partial charge in [0.25, 0.3) is 0 Å². The zero-order valence-electron chi connectivity index (χ0n) is 10.4. The van der Waals surface area contributed by atoms with Gasteiger partial charge in [0.15, 0.2) is 0 Å². The van der Waals surface area contributed by atoms with Gasteiger partial charge in [-0.25, -0.2) is 0 Å². The molecule has 1 aromatic carbocycles. The van der Waals surface area contributed by atoms with E-state index in [4.69, 9.17) is 0 Å². The molecule has 0 N–H and O–H groups in total. The predicted molar refractivity (Wildman–Crippen MR) is 69.8 cm³/mol. The Labute approximate surface area is 99.5 Å². The van der Waals surface area contributed by atoms with Crippen molar-refractivity contribution in [3.63, 3.8) is 0 Å². The van der Waals surface area contributed by atoms with Gasteiger partial charge >= 0.3 is 0 Å². The van der Waals surface area contributed by atoms with Crippen molar-refractivity contribution in [1.82, 2.24) is 4.90 Å². The fourth-order valence-corrected chi connectivity index (χ4v) is 2.65. The minimum atomic E-state index is 0.722. The van der Waals surface area contributed by atoms with Gasteiger partial charge < -0.3 is 4.90 Å². The zero-order chi connectivity index (χ0) is 11.2. The standard InChI is InChI=1S/C15H23N/c1-2-14(15-9-5-3-6-10-15)13-16-11-7-4-8-12-16/h3,5-6,9-10,14H,2,4,7-8,11-13H2,1H3/t14-/m1/s1. The molecular weight excluding hydrogens is 194 g/mol. The molecule has 1 aliphatic heterocycles. The van der Waals surface area contributed by atoms with E-state index in [2.05, 4.69) is 42.2 Å². The quantitative estimate of drug-likeness (QED) is 0.744. The Morgan fingerprint density at radius 1 is 1.06 bits per heavy atom. The lowest BCUT2D eigenvalue weighted by atomic mass is 9.95. The number of nitrogens with zero attached hydrogens (tertiary/aromatic N) is 1. The average Bonchev–Trinajstić information content (AvgIpc) is 2.38. The smallest absolute Gasteiger partial charge is 0.00502 e. The van der Waals surface area contributed by atoms with E-state index in [-0.39, 0.29) is 0 Å². The van der Waals surface area contributed by atoms with E-state index in [1.54, 1.807) is 0 Å². The molecule has 1 nitrogen and oxygen atoms in total. The largest absolute Gasteiger partial charge is 0.303 e. The fourth-order valence-electron chi connectivity index (χ4n) is 2.65. The second-order valence-corrected chi connectivity index (χ2v) is 4.88. The van der Waals surface area contributed by atoms with Gasteiger partial charge in [0.2, 0.25) is 0 Å². The van der Waals surface area contributed by atoms with E-state index < -0.39 is 0 Å². The maximum absolute atomic E-state index is 2.64. The molecule has 1 fully saturated rings. The first-order valence-corrected chi connectivity index (χ1v) is 6.67. The van der Waals surface area contributed by atoms with Gasteiger partial charge in [-0.1, -0.05) is 43.7 Å². The topological polar surface area (TPSA) is 3.24 Å². The van der Waals surface area contributed by atoms with Crippen molar-refractivity contribution in [1.29, 1.82) is 0 Å². The molecule has 0 radical (unpaired) electrons. The Morgan fingerprint density at radius 3 is 2.38 bits per heavy atom. The van der Waals surface area contributed by atoms with E-state index in [1.807, 2.05) is 0 Å². The predicted octanol–water partition coefficient (Wildman–Crippen LogP) is 3.67. The Bertz CT molecular complexity index is 288. The van der Waals surface area contributed by atoms with Crippen molar-refractivity contribution >= 4 is 0 Å². The molecule has 1 atom stereocenters. The summed E-state index contributed by atoms with van der Waals surface area (Å²) in [5.41, 5.74) is 1.51. The molecule has 0 spiro atoms. The molecule has 88 valence electrons. The van der Waals surface area contributed by atoms with Crippen LogP contribution in [0.2, 0.25) is 0 Å². The molecule has 16 heavy (non-hydrogen) atoms. The number of benzene rings is 1. The SMILES string of the molecule is CC[C@H](CN1CCCCC1)c1ccccc1. The van der Waals surface area contributed by atoms with Gasteiger partial charge in [0.05, 0.1) is 0 Å². The zero-order valence-corrected chi connectivity index (χ0v) is 10.4. The molecule has 0 aliphatic carbocycles. The summed E-state index contributed by atoms with van der Waals surface area (Å²) in [5.74, 6) is 0.722. The molecule has 0 unspecified atom stereocenters. The number of piperidine rings is 1. The Kier molecular flexibility index (Phi) is 4.41. The highest BCUT2D eigenvalue weighted by Gasteiger charge is 2.16. The van der Waals surface area contributed by atoms with Crippen LogP contribution < -0.4 is 0 Å². The molecule has 1 aromatic rings. The summed E-state index contributed by atoms with van der Waals surface area (Å²) in [6.45, 7) is 6.18. The van der Waals surface area contributed by atoms with Crippen LogP contribution in [-0.2, 0) is 0 Å². The number of rotatable bonds is 4. The molecule has 0 aromatic heterocycles. The summed E-state index contributed by atoms with van der Waals surface area (Å²) in [6.07, 6.45) is 5.47. The van der Waals surface area contributed by atoms with Crippen molar-refractivity contribution in [3.8, 4) is 0 Å². The summed E-state index contributed by atoms with van der Waals surface area (Å²) >= 11 is 0. The molecule has 2 rings (SSSR count). The number of likely N-dealkylation sites (tertiary alicyclic amines) is 1. The highest BCUT2D eigenvalue weighted by atomic mass is 15.1. The minimum absolute atomic E-state index is 0.722. The fraction of sp³-hybridized carbons (Fsp3) is 0.600. The summed E-state index contributed by atoms with van der Waals surface area (Å²) in [5, 5.41) is 0. The van der Waals surface area contributed by atoms with Gasteiger partial charge in [-0.3, -0.25) is 0 Å². The van der Waals surface area contributed by atoms with E-state index >= 15 is 0 Å². The first-order chi connectivity index (χ1) is 7.90. The van der Waals surface area contributed by atoms with Gasteiger partial charge in [0, 0.05) is 6.54 Å². The highest BCUT2D eigenvalue weighted by molar-refractivity contribution is 5.19. The third-order valence-corrected chi connectivity index (χ3v) is 3.69. The maximum Gasteiger partial charge on any atom is 0.00502 e. The number of hydrogen-bond donors (Lipinski definition) is 0. The first-order valence-electron chi connectivity index (χ1n) is 6.67. The van der Waals surface area contributed by atoms with Gasteiger partial charge in [-0.2, -0.15) is 0 Å². The monoisotopic (exact) mass is 217 g/mol. The highest BCUT2D eigenvalue weighted by Crippen LogP contribution is 2.22. The molecule has 1 heterocycles. The molecule has 1 saturated heterocycles. The van der Waals surface area contributed by atoms with Crippen molar-refractivity contribution in [2.24, 2.45) is 0 Å². The summed E-state index contributed by atoms with van der Waals surface area (Å²) in [7, 11) is 0. The van der Waals surface area contributed by atoms with Gasteiger partial charge in [0.1, 0.15) is 0 Å². The Morgan fingerprint density at radius 2 is 1.75 bits per heavy atom. The molecule has 0 saturated carbocycles. The summed E-state index contributed by atoms with van der Waals surface area (Å²) < 4.78 is 0. The minimum Gasteiger partial charge on any atom is -0.303 e. The summed E-state index contributed by atoms with van der Waals surface area (Å²) in [4.78, 5) is 2.64. The van der Waals surface area contributed by atoms with Crippen LogP contribution in [0.1, 0.15) is 44.1 Å². The van der Waals surface area contributed by atoms with Crippen LogP contribution in [0.3, 0.4) is 0 Å². The van der Waals surface area contributed by atoms with Crippen LogP contribution in [0.5, 0.6) is 0 Å². The van der Waals surface area contributed by atoms with Crippen LogP contribution in [0, 0.1) is 0 Å². The summed E-state index contributed by atoms with van der Waals surface area (Å²) in [6, 6.07) is 11.0. The van der Waals surface area contributed by atoms with Gasteiger partial charge in [-0.15, -0.1) is 0 Å². The van der Waals surface area contributed by atoms with E-state index in [1.165, 1.54) is 50.9 Å². The molecule has 0 bridgehead atoms. The van der Waals surface area contributed by atoms with Crippen molar-refractivity contribution in [2.75, 3.05) is 19.6 Å². The van der Waals surface area contributed by atoms with Crippen molar-refractivity contribution < 1.29 is 0 Å². The van der Waals surface area contributed by atoms with E-state index in [9.17, 15) is 0 Å². The van der Waals surface area contributed by atoms with E-state index in [0.717, 1.165) is 5.92 Å². The maximum atomic E-state index is 2.64. The molecule has 1 aliphatic rings. The Balaban J connectivity index is 1.94. The second-order valence-electron chi connectivity index (χ2n) is 4.88. The lowest BCUT2D eigenvalue weighted by Crippen LogP contribution is -2.33. The Hall–Kier alpha value is -0.820.